The van der Waals surface area contributed by atoms with Gasteiger partial charge in [0, 0.05) is 24.3 Å². The minimum absolute atomic E-state index is 0. The Morgan fingerprint density at radius 2 is 1.91 bits per heavy atom. The SMILES string of the molecule is CN=C(NCCc1ccccc1Cl)NCc1cccc(C)n1.I. The molecule has 4 nitrogen and oxygen atoms in total. The van der Waals surface area contributed by atoms with Crippen molar-refractivity contribution in [2.75, 3.05) is 13.6 Å². The van der Waals surface area contributed by atoms with Crippen molar-refractivity contribution in [1.29, 1.82) is 0 Å². The van der Waals surface area contributed by atoms with Gasteiger partial charge in [-0.3, -0.25) is 9.98 Å². The number of hydrogen-bond donors (Lipinski definition) is 2. The third-order valence-electron chi connectivity index (χ3n) is 3.25. The van der Waals surface area contributed by atoms with E-state index in [0.29, 0.717) is 6.54 Å². The molecule has 6 heteroatoms. The zero-order valence-corrected chi connectivity index (χ0v) is 16.4. The maximum absolute atomic E-state index is 6.15. The molecule has 2 N–H and O–H groups in total. The Balaban J connectivity index is 0.00000264. The number of rotatable bonds is 5. The van der Waals surface area contributed by atoms with Gasteiger partial charge in [-0.05, 0) is 37.1 Å². The molecule has 0 aliphatic heterocycles. The maximum atomic E-state index is 6.15. The summed E-state index contributed by atoms with van der Waals surface area (Å²) < 4.78 is 0. The highest BCUT2D eigenvalue weighted by Gasteiger charge is 2.01. The summed E-state index contributed by atoms with van der Waals surface area (Å²) in [6, 6.07) is 13.9. The molecule has 0 amide bonds. The monoisotopic (exact) mass is 444 g/mol. The summed E-state index contributed by atoms with van der Waals surface area (Å²) in [5, 5.41) is 7.34. The zero-order valence-electron chi connectivity index (χ0n) is 13.3. The third-order valence-corrected chi connectivity index (χ3v) is 3.62. The zero-order chi connectivity index (χ0) is 15.8. The van der Waals surface area contributed by atoms with Crippen molar-refractivity contribution in [3.63, 3.8) is 0 Å². The molecule has 2 aromatic rings. The number of benzene rings is 1. The Morgan fingerprint density at radius 3 is 2.61 bits per heavy atom. The fourth-order valence-corrected chi connectivity index (χ4v) is 2.34. The van der Waals surface area contributed by atoms with Crippen LogP contribution in [0.15, 0.2) is 47.5 Å². The van der Waals surface area contributed by atoms with Gasteiger partial charge in [-0.2, -0.15) is 0 Å². The van der Waals surface area contributed by atoms with E-state index < -0.39 is 0 Å². The maximum Gasteiger partial charge on any atom is 0.191 e. The molecule has 2 rings (SSSR count). The fourth-order valence-electron chi connectivity index (χ4n) is 2.11. The van der Waals surface area contributed by atoms with E-state index in [2.05, 4.69) is 20.6 Å². The van der Waals surface area contributed by atoms with Gasteiger partial charge in [0.25, 0.3) is 0 Å². The largest absolute Gasteiger partial charge is 0.356 e. The predicted molar refractivity (Wildman–Crippen MR) is 108 cm³/mol. The number of aliphatic imine (C=N–C) groups is 1. The molecule has 0 saturated carbocycles. The van der Waals surface area contributed by atoms with E-state index in [4.69, 9.17) is 11.6 Å². The summed E-state index contributed by atoms with van der Waals surface area (Å²) in [6.45, 7) is 3.40. The van der Waals surface area contributed by atoms with E-state index >= 15 is 0 Å². The first-order valence-corrected chi connectivity index (χ1v) is 7.67. The summed E-state index contributed by atoms with van der Waals surface area (Å²) in [6.07, 6.45) is 0.850. The number of nitrogens with zero attached hydrogens (tertiary/aromatic N) is 2. The number of hydrogen-bond acceptors (Lipinski definition) is 2. The first kappa shape index (κ1) is 19.7. The van der Waals surface area contributed by atoms with Crippen molar-refractivity contribution in [2.24, 2.45) is 4.99 Å². The molecule has 0 aliphatic carbocycles. The van der Waals surface area contributed by atoms with Crippen LogP contribution in [-0.4, -0.2) is 24.5 Å². The number of aromatic nitrogens is 1. The minimum Gasteiger partial charge on any atom is -0.356 e. The molecule has 1 aromatic heterocycles. The van der Waals surface area contributed by atoms with Crippen molar-refractivity contribution >= 4 is 41.5 Å². The van der Waals surface area contributed by atoms with E-state index in [1.807, 2.05) is 49.4 Å². The van der Waals surface area contributed by atoms with Crippen molar-refractivity contribution < 1.29 is 0 Å². The van der Waals surface area contributed by atoms with Crippen molar-refractivity contribution in [1.82, 2.24) is 15.6 Å². The van der Waals surface area contributed by atoms with Gasteiger partial charge in [0.1, 0.15) is 0 Å². The standard InChI is InChI=1S/C17H21ClN4.HI/c1-13-6-5-8-15(22-13)12-21-17(19-2)20-11-10-14-7-3-4-9-16(14)18;/h3-9H,10-12H2,1-2H3,(H2,19,20,21);1H. The lowest BCUT2D eigenvalue weighted by Gasteiger charge is -2.12. The molecule has 0 unspecified atom stereocenters. The van der Waals surface area contributed by atoms with Gasteiger partial charge in [0.15, 0.2) is 5.96 Å². The van der Waals surface area contributed by atoms with Crippen molar-refractivity contribution in [3.05, 3.63) is 64.4 Å². The van der Waals surface area contributed by atoms with Gasteiger partial charge in [-0.1, -0.05) is 35.9 Å². The second-order valence-electron chi connectivity index (χ2n) is 4.96. The van der Waals surface area contributed by atoms with Crippen LogP contribution >= 0.6 is 35.6 Å². The Hall–Kier alpha value is -1.34. The van der Waals surface area contributed by atoms with Crippen LogP contribution in [0.25, 0.3) is 0 Å². The number of guanidine groups is 1. The lowest BCUT2D eigenvalue weighted by Crippen LogP contribution is -2.38. The molecular formula is C17H22ClIN4. The van der Waals surface area contributed by atoms with Gasteiger partial charge < -0.3 is 10.6 Å². The normalized spacial score (nSPS) is 10.8. The van der Waals surface area contributed by atoms with Gasteiger partial charge in [-0.25, -0.2) is 0 Å². The van der Waals surface area contributed by atoms with Gasteiger partial charge >= 0.3 is 0 Å². The fraction of sp³-hybridized carbons (Fsp3) is 0.294. The van der Waals surface area contributed by atoms with Gasteiger partial charge in [0.2, 0.25) is 0 Å². The highest BCUT2D eigenvalue weighted by atomic mass is 127. The van der Waals surface area contributed by atoms with E-state index in [1.165, 1.54) is 0 Å². The molecular weight excluding hydrogens is 423 g/mol. The van der Waals surface area contributed by atoms with Crippen LogP contribution in [0, 0.1) is 6.92 Å². The highest BCUT2D eigenvalue weighted by Crippen LogP contribution is 2.14. The lowest BCUT2D eigenvalue weighted by atomic mass is 10.1. The number of halogens is 2. The van der Waals surface area contributed by atoms with Crippen LogP contribution in [0.5, 0.6) is 0 Å². The summed E-state index contributed by atoms with van der Waals surface area (Å²) in [7, 11) is 1.76. The summed E-state index contributed by atoms with van der Waals surface area (Å²) in [4.78, 5) is 8.67. The van der Waals surface area contributed by atoms with Crippen LogP contribution in [0.3, 0.4) is 0 Å². The van der Waals surface area contributed by atoms with Gasteiger partial charge in [-0.15, -0.1) is 24.0 Å². The molecule has 0 saturated heterocycles. The minimum atomic E-state index is 0. The molecule has 0 radical (unpaired) electrons. The van der Waals surface area contributed by atoms with Crippen LogP contribution < -0.4 is 10.6 Å². The average molecular weight is 445 g/mol. The van der Waals surface area contributed by atoms with Crippen molar-refractivity contribution in [3.8, 4) is 0 Å². The molecule has 124 valence electrons. The number of aryl methyl sites for hydroxylation is 1. The molecule has 0 spiro atoms. The van der Waals surface area contributed by atoms with E-state index in [9.17, 15) is 0 Å². The first-order chi connectivity index (χ1) is 10.7. The third kappa shape index (κ3) is 6.74. The predicted octanol–water partition coefficient (Wildman–Crippen LogP) is 3.57. The molecule has 0 bridgehead atoms. The highest BCUT2D eigenvalue weighted by molar-refractivity contribution is 14.0. The number of nitrogens with one attached hydrogen (secondary N) is 2. The Kier molecular flexibility index (Phi) is 8.94. The van der Waals surface area contributed by atoms with Crippen LogP contribution in [0.1, 0.15) is 17.0 Å². The molecule has 0 aliphatic rings. The van der Waals surface area contributed by atoms with E-state index in [1.54, 1.807) is 7.05 Å². The average Bonchev–Trinajstić information content (AvgIpc) is 2.52. The Morgan fingerprint density at radius 1 is 1.13 bits per heavy atom. The Labute approximate surface area is 159 Å². The quantitative estimate of drug-likeness (QED) is 0.421. The van der Waals surface area contributed by atoms with E-state index in [0.717, 1.165) is 40.9 Å². The molecule has 1 heterocycles. The van der Waals surface area contributed by atoms with Crippen LogP contribution in [0.4, 0.5) is 0 Å². The number of pyridine rings is 1. The molecule has 0 fully saturated rings. The van der Waals surface area contributed by atoms with E-state index in [-0.39, 0.29) is 24.0 Å². The molecule has 1 aromatic carbocycles. The summed E-state index contributed by atoms with van der Waals surface area (Å²) in [5.41, 5.74) is 3.14. The summed E-state index contributed by atoms with van der Waals surface area (Å²) >= 11 is 6.15. The molecule has 0 atom stereocenters. The lowest BCUT2D eigenvalue weighted by molar-refractivity contribution is 0.781. The smallest absolute Gasteiger partial charge is 0.191 e. The molecule has 23 heavy (non-hydrogen) atoms. The van der Waals surface area contributed by atoms with Crippen molar-refractivity contribution in [2.45, 2.75) is 19.9 Å². The summed E-state index contributed by atoms with van der Waals surface area (Å²) in [5.74, 6) is 0.760. The Bertz CT molecular complexity index is 646. The van der Waals surface area contributed by atoms with Crippen LogP contribution in [0.2, 0.25) is 5.02 Å². The van der Waals surface area contributed by atoms with Gasteiger partial charge in [0.05, 0.1) is 12.2 Å². The second kappa shape index (κ2) is 10.4. The first-order valence-electron chi connectivity index (χ1n) is 7.29. The second-order valence-corrected chi connectivity index (χ2v) is 5.37. The topological polar surface area (TPSA) is 49.3 Å². The van der Waals surface area contributed by atoms with Crippen LogP contribution in [-0.2, 0) is 13.0 Å².